The molecule has 0 aromatic carbocycles. The molecule has 1 aliphatic rings. The first-order chi connectivity index (χ1) is 6.64. The third-order valence-corrected chi connectivity index (χ3v) is 2.52. The molecule has 0 aliphatic carbocycles. The maximum Gasteiger partial charge on any atom is 0.245 e. The van der Waals surface area contributed by atoms with Crippen LogP contribution in [-0.4, -0.2) is 54.4 Å². The predicted octanol–water partition coefficient (Wildman–Crippen LogP) is -1.05. The lowest BCUT2D eigenvalue weighted by molar-refractivity contribution is -0.137. The van der Waals surface area contributed by atoms with Gasteiger partial charge in [0.2, 0.25) is 5.91 Å². The van der Waals surface area contributed by atoms with Crippen molar-refractivity contribution in [2.75, 3.05) is 32.9 Å². The average molecular weight is 202 g/mol. The number of carbonyl (C=O) groups is 1. The molecule has 1 saturated heterocycles. The van der Waals surface area contributed by atoms with E-state index in [4.69, 9.17) is 15.6 Å². The van der Waals surface area contributed by atoms with Crippen LogP contribution in [0.3, 0.4) is 0 Å². The molecule has 1 aliphatic heterocycles. The minimum Gasteiger partial charge on any atom is -0.395 e. The largest absolute Gasteiger partial charge is 0.395 e. The zero-order chi connectivity index (χ0) is 10.6. The Bertz CT molecular complexity index is 202. The molecule has 1 atom stereocenters. The molecule has 1 amide bonds. The van der Waals surface area contributed by atoms with E-state index < -0.39 is 5.54 Å². The van der Waals surface area contributed by atoms with Gasteiger partial charge in [-0.3, -0.25) is 4.79 Å². The second-order valence-corrected chi connectivity index (χ2v) is 3.57. The zero-order valence-electron chi connectivity index (χ0n) is 8.53. The van der Waals surface area contributed by atoms with Gasteiger partial charge in [0, 0.05) is 19.7 Å². The van der Waals surface area contributed by atoms with E-state index in [1.54, 1.807) is 4.90 Å². The minimum atomic E-state index is -0.870. The molecule has 1 unspecified atom stereocenters. The number of aliphatic hydroxyl groups is 1. The standard InChI is InChI=1S/C9H18N2O3/c1-2-11(4-5-12)8(13)9(10)3-6-14-7-9/h12H,2-7,10H2,1H3. The van der Waals surface area contributed by atoms with Crippen molar-refractivity contribution in [2.24, 2.45) is 5.73 Å². The Morgan fingerprint density at radius 1 is 1.71 bits per heavy atom. The fourth-order valence-electron chi connectivity index (χ4n) is 1.59. The van der Waals surface area contributed by atoms with Gasteiger partial charge < -0.3 is 20.5 Å². The van der Waals surface area contributed by atoms with Crippen LogP contribution in [0.1, 0.15) is 13.3 Å². The quantitative estimate of drug-likeness (QED) is 0.609. The number of carbonyl (C=O) groups excluding carboxylic acids is 1. The Hall–Kier alpha value is -0.650. The summed E-state index contributed by atoms with van der Waals surface area (Å²) in [5.74, 6) is -0.119. The molecule has 0 aromatic heterocycles. The molecular formula is C9H18N2O3. The van der Waals surface area contributed by atoms with Crippen molar-refractivity contribution in [3.63, 3.8) is 0 Å². The van der Waals surface area contributed by atoms with Crippen molar-refractivity contribution in [1.29, 1.82) is 0 Å². The average Bonchev–Trinajstić information content (AvgIpc) is 2.62. The SMILES string of the molecule is CCN(CCO)C(=O)C1(N)CCOC1. The lowest BCUT2D eigenvalue weighted by Crippen LogP contribution is -2.56. The Morgan fingerprint density at radius 3 is 2.86 bits per heavy atom. The van der Waals surface area contributed by atoms with Crippen LogP contribution in [0.2, 0.25) is 0 Å². The molecular weight excluding hydrogens is 184 g/mol. The van der Waals surface area contributed by atoms with Crippen LogP contribution in [0.25, 0.3) is 0 Å². The summed E-state index contributed by atoms with van der Waals surface area (Å²) in [5, 5.41) is 8.78. The summed E-state index contributed by atoms with van der Waals surface area (Å²) in [4.78, 5) is 13.5. The third kappa shape index (κ3) is 2.23. The second kappa shape index (κ2) is 4.72. The molecule has 5 heteroatoms. The fourth-order valence-corrected chi connectivity index (χ4v) is 1.59. The predicted molar refractivity (Wildman–Crippen MR) is 51.7 cm³/mol. The van der Waals surface area contributed by atoms with Gasteiger partial charge in [0.05, 0.1) is 13.2 Å². The van der Waals surface area contributed by atoms with Gasteiger partial charge >= 0.3 is 0 Å². The highest BCUT2D eigenvalue weighted by Crippen LogP contribution is 2.18. The van der Waals surface area contributed by atoms with E-state index >= 15 is 0 Å². The summed E-state index contributed by atoms with van der Waals surface area (Å²) < 4.78 is 5.12. The van der Waals surface area contributed by atoms with Crippen molar-refractivity contribution in [2.45, 2.75) is 18.9 Å². The van der Waals surface area contributed by atoms with Gasteiger partial charge in [-0.05, 0) is 13.3 Å². The van der Waals surface area contributed by atoms with Crippen LogP contribution < -0.4 is 5.73 Å². The minimum absolute atomic E-state index is 0.0312. The van der Waals surface area contributed by atoms with Gasteiger partial charge in [-0.1, -0.05) is 0 Å². The van der Waals surface area contributed by atoms with Crippen LogP contribution in [0, 0.1) is 0 Å². The number of rotatable bonds is 4. The number of ether oxygens (including phenoxy) is 1. The smallest absolute Gasteiger partial charge is 0.245 e. The van der Waals surface area contributed by atoms with E-state index in [2.05, 4.69) is 0 Å². The highest BCUT2D eigenvalue weighted by molar-refractivity contribution is 5.86. The summed E-state index contributed by atoms with van der Waals surface area (Å²) in [6, 6.07) is 0. The second-order valence-electron chi connectivity index (χ2n) is 3.57. The third-order valence-electron chi connectivity index (χ3n) is 2.52. The van der Waals surface area contributed by atoms with Gasteiger partial charge in [0.25, 0.3) is 0 Å². The van der Waals surface area contributed by atoms with Crippen LogP contribution in [0.4, 0.5) is 0 Å². The van der Waals surface area contributed by atoms with E-state index in [1.807, 2.05) is 6.92 Å². The summed E-state index contributed by atoms with van der Waals surface area (Å²) in [7, 11) is 0. The molecule has 1 fully saturated rings. The molecule has 3 N–H and O–H groups in total. The number of nitrogens with zero attached hydrogens (tertiary/aromatic N) is 1. The molecule has 14 heavy (non-hydrogen) atoms. The first-order valence-electron chi connectivity index (χ1n) is 4.91. The van der Waals surface area contributed by atoms with E-state index in [0.29, 0.717) is 26.1 Å². The highest BCUT2D eigenvalue weighted by atomic mass is 16.5. The molecule has 0 bridgehead atoms. The lowest BCUT2D eigenvalue weighted by atomic mass is 9.98. The van der Waals surface area contributed by atoms with Crippen LogP contribution in [0.5, 0.6) is 0 Å². The van der Waals surface area contributed by atoms with Crippen molar-refractivity contribution >= 4 is 5.91 Å². The van der Waals surface area contributed by atoms with Crippen LogP contribution in [0.15, 0.2) is 0 Å². The summed E-state index contributed by atoms with van der Waals surface area (Å²) >= 11 is 0. The van der Waals surface area contributed by atoms with Crippen LogP contribution in [-0.2, 0) is 9.53 Å². The maximum atomic E-state index is 11.9. The Labute approximate surface area is 83.8 Å². The van der Waals surface area contributed by atoms with Crippen molar-refractivity contribution in [3.8, 4) is 0 Å². The van der Waals surface area contributed by atoms with E-state index in [1.165, 1.54) is 0 Å². The van der Waals surface area contributed by atoms with Crippen molar-refractivity contribution in [1.82, 2.24) is 4.90 Å². The molecule has 0 radical (unpaired) electrons. The highest BCUT2D eigenvalue weighted by Gasteiger charge is 2.40. The lowest BCUT2D eigenvalue weighted by Gasteiger charge is -2.29. The topological polar surface area (TPSA) is 75.8 Å². The maximum absolute atomic E-state index is 11.9. The molecule has 0 spiro atoms. The normalized spacial score (nSPS) is 26.5. The molecule has 0 saturated carbocycles. The van der Waals surface area contributed by atoms with Crippen molar-refractivity contribution in [3.05, 3.63) is 0 Å². The number of likely N-dealkylation sites (N-methyl/N-ethyl adjacent to an activating group) is 1. The summed E-state index contributed by atoms with van der Waals surface area (Å²) in [6.07, 6.45) is 0.563. The van der Waals surface area contributed by atoms with Gasteiger partial charge in [0.15, 0.2) is 0 Å². The number of amides is 1. The van der Waals surface area contributed by atoms with Gasteiger partial charge in [-0.2, -0.15) is 0 Å². The van der Waals surface area contributed by atoms with Gasteiger partial charge in [-0.25, -0.2) is 0 Å². The molecule has 1 rings (SSSR count). The first-order valence-corrected chi connectivity index (χ1v) is 4.91. The first kappa shape index (κ1) is 11.4. The molecule has 1 heterocycles. The number of nitrogens with two attached hydrogens (primary N) is 1. The number of aliphatic hydroxyl groups excluding tert-OH is 1. The summed E-state index contributed by atoms with van der Waals surface area (Å²) in [5.41, 5.74) is 5.04. The summed E-state index contributed by atoms with van der Waals surface area (Å²) in [6.45, 7) is 3.57. The fraction of sp³-hybridized carbons (Fsp3) is 0.889. The monoisotopic (exact) mass is 202 g/mol. The van der Waals surface area contributed by atoms with Gasteiger partial charge in [0.1, 0.15) is 5.54 Å². The van der Waals surface area contributed by atoms with E-state index in [9.17, 15) is 4.79 Å². The van der Waals surface area contributed by atoms with E-state index in [-0.39, 0.29) is 19.1 Å². The Kier molecular flexibility index (Phi) is 3.86. The van der Waals surface area contributed by atoms with Gasteiger partial charge in [-0.15, -0.1) is 0 Å². The Balaban J connectivity index is 2.61. The van der Waals surface area contributed by atoms with E-state index in [0.717, 1.165) is 0 Å². The zero-order valence-corrected chi connectivity index (χ0v) is 8.53. The molecule has 0 aromatic rings. The van der Waals surface area contributed by atoms with Crippen LogP contribution >= 0.6 is 0 Å². The molecule has 82 valence electrons. The number of hydrogen-bond acceptors (Lipinski definition) is 4. The number of hydrogen-bond donors (Lipinski definition) is 2. The van der Waals surface area contributed by atoms with Crippen molar-refractivity contribution < 1.29 is 14.6 Å². The molecule has 5 nitrogen and oxygen atoms in total. The Morgan fingerprint density at radius 2 is 2.43 bits per heavy atom.